The molecule has 6 amide bonds. The number of pyridine rings is 1. The third-order valence-electron chi connectivity index (χ3n) is 16.0. The number of methoxy groups -OCH3 is 1. The van der Waals surface area contributed by atoms with E-state index in [1.54, 1.807) is 37.8 Å². The average molecular weight is 1430 g/mol. The summed E-state index contributed by atoms with van der Waals surface area (Å²) in [4.78, 5) is 150. The molecule has 2 aromatic carbocycles. The van der Waals surface area contributed by atoms with Crippen LogP contribution in [0.4, 0.5) is 8.78 Å². The number of nitrogens with one attached hydrogen (secondary N) is 4. The summed E-state index contributed by atoms with van der Waals surface area (Å²) in [6, 6.07) is 10.9. The van der Waals surface area contributed by atoms with E-state index in [1.165, 1.54) is 30.4 Å². The summed E-state index contributed by atoms with van der Waals surface area (Å²) < 4.78 is 46.3. The molecule has 0 spiro atoms. The van der Waals surface area contributed by atoms with Gasteiger partial charge in [-0.05, 0) is 90.2 Å². The number of rotatable bonds is 33. The molecule has 3 atom stereocenters. The molecule has 94 heavy (non-hydrogen) atoms. The van der Waals surface area contributed by atoms with E-state index in [1.807, 2.05) is 24.3 Å². The van der Waals surface area contributed by atoms with Crippen molar-refractivity contribution in [3.63, 3.8) is 0 Å². The maximum Gasteiger partial charge on any atom is 0.317 e. The zero-order chi connectivity index (χ0) is 68.2. The number of aliphatic carboxylic acids is 3. The molecule has 0 aliphatic carbocycles. The fourth-order valence-electron chi connectivity index (χ4n) is 11.1. The number of likely N-dealkylation sites (tertiary alicyclic amines) is 1. The van der Waals surface area contributed by atoms with Crippen molar-refractivity contribution in [1.29, 1.82) is 0 Å². The van der Waals surface area contributed by atoms with E-state index in [-0.39, 0.29) is 136 Å². The molecule has 516 valence electrons. The summed E-state index contributed by atoms with van der Waals surface area (Å²) in [6.07, 6.45) is 3.69. The molecule has 0 saturated carbocycles. The fraction of sp³-hybridized carbons (Fsp3) is 0.581. The molecule has 1 aromatic heterocycles. The first kappa shape index (κ1) is 75.4. The van der Waals surface area contributed by atoms with Crippen molar-refractivity contribution in [2.45, 2.75) is 69.0 Å². The normalized spacial score (nSPS) is 17.9. The Hall–Kier alpha value is -7.63. The van der Waals surface area contributed by atoms with Gasteiger partial charge in [0.25, 0.3) is 11.8 Å². The van der Waals surface area contributed by atoms with Crippen LogP contribution < -0.4 is 26.0 Å². The van der Waals surface area contributed by atoms with E-state index >= 15 is 0 Å². The van der Waals surface area contributed by atoms with Crippen molar-refractivity contribution in [2.24, 2.45) is 4.99 Å². The maximum atomic E-state index is 14.4. The van der Waals surface area contributed by atoms with Gasteiger partial charge < -0.3 is 60.6 Å². The summed E-state index contributed by atoms with van der Waals surface area (Å²) in [5.41, 5.74) is 1.79. The van der Waals surface area contributed by atoms with Crippen LogP contribution in [-0.4, -0.2) is 309 Å². The van der Waals surface area contributed by atoms with E-state index in [0.29, 0.717) is 55.5 Å². The molecule has 3 fully saturated rings. The van der Waals surface area contributed by atoms with Crippen molar-refractivity contribution < 1.29 is 86.3 Å². The maximum absolute atomic E-state index is 14.4. The number of piperazine rings is 1. The first-order valence-corrected chi connectivity index (χ1v) is 32.3. The molecule has 32 heteroatoms. The number of carboxylic acids is 3. The average Bonchev–Trinajstić information content (AvgIpc) is 1.05. The third kappa shape index (κ3) is 26.3. The highest BCUT2D eigenvalue weighted by molar-refractivity contribution is 14.1. The number of esters is 1. The van der Waals surface area contributed by atoms with Crippen LogP contribution in [-0.2, 0) is 59.0 Å². The van der Waals surface area contributed by atoms with Crippen molar-refractivity contribution in [1.82, 2.24) is 60.6 Å². The van der Waals surface area contributed by atoms with Gasteiger partial charge in [0.1, 0.15) is 17.8 Å². The number of hydrogen-bond acceptors (Lipinski definition) is 20. The van der Waals surface area contributed by atoms with Gasteiger partial charge in [-0.1, -0.05) is 12.1 Å². The van der Waals surface area contributed by atoms with Crippen LogP contribution in [0.15, 0.2) is 59.7 Å². The lowest BCUT2D eigenvalue weighted by Gasteiger charge is -2.36. The highest BCUT2D eigenvalue weighted by Crippen LogP contribution is 2.31. The molecule has 29 nitrogen and oxygen atoms in total. The number of aromatic nitrogens is 1. The molecule has 7 N–H and O–H groups in total. The topological polar surface area (TPSA) is 355 Å². The molecule has 0 radical (unpaired) electrons. The van der Waals surface area contributed by atoms with E-state index in [0.717, 1.165) is 27.6 Å². The Morgan fingerprint density at radius 2 is 1.33 bits per heavy atom. The largest absolute Gasteiger partial charge is 0.494 e. The van der Waals surface area contributed by atoms with Crippen molar-refractivity contribution in [3.8, 4) is 5.75 Å². The van der Waals surface area contributed by atoms with Crippen LogP contribution in [0.3, 0.4) is 0 Å². The molecule has 4 heterocycles. The molecule has 3 aromatic rings. The first-order chi connectivity index (χ1) is 45.0. The Morgan fingerprint density at radius 3 is 1.93 bits per heavy atom. The summed E-state index contributed by atoms with van der Waals surface area (Å²) in [5, 5.41) is 40.2. The standard InChI is InChI=1S/C62H86F2IN13O16/c1-66-36-45-35-62(63,64)42-78(45)54(81)37-69-59(89)47-13-15-67-49-12-11-46(33-48(47)49)94-30-4-17-72-26-28-77(29-27-72)61(91)51(34-58(88)92-2)71-60(90)50(14-31-93-32-16-68-52(79)6-3-5-43-7-9-44(65)10-8-43)70-53(80)38-73-18-20-74(39-55(82)83)22-24-76(41-57(86)87)25-23-75(21-19-73)40-56(84)85/h7-13,15,33,36,45,50-51H,3-6,14,16-32,34-35,37-42H2,1-2H3,(H,68,79)(H,69,89)(H,70,80)(H,71,90)(H,82,83)(H,84,85)(H,86,87)/b66-36+/t45-,50+,51+/m1/s1. The number of carboxylic acid groups (broad SMARTS) is 3. The summed E-state index contributed by atoms with van der Waals surface area (Å²) in [5.74, 6) is -10.3. The number of ether oxygens (including phenoxy) is 3. The molecular weight excluding hydrogens is 1350 g/mol. The monoisotopic (exact) mass is 1430 g/mol. The molecule has 6 rings (SSSR count). The Labute approximate surface area is 557 Å². The predicted octanol–water partition coefficient (Wildman–Crippen LogP) is -0.0270. The number of aliphatic imine (C=N–C) groups is 1. The zero-order valence-corrected chi connectivity index (χ0v) is 55.2. The molecule has 3 saturated heterocycles. The Bertz CT molecular complexity index is 3060. The molecule has 3 aliphatic heterocycles. The first-order valence-electron chi connectivity index (χ1n) is 31.2. The van der Waals surface area contributed by atoms with E-state index in [2.05, 4.69) is 58.7 Å². The van der Waals surface area contributed by atoms with Gasteiger partial charge in [0.2, 0.25) is 29.5 Å². The smallest absolute Gasteiger partial charge is 0.317 e. The number of alkyl halides is 2. The minimum absolute atomic E-state index is 0.0558. The van der Waals surface area contributed by atoms with Crippen molar-refractivity contribution in [2.75, 3.05) is 165 Å². The number of benzene rings is 2. The zero-order valence-electron chi connectivity index (χ0n) is 53.0. The number of carbonyl (C=O) groups is 10. The van der Waals surface area contributed by atoms with E-state index in [4.69, 9.17) is 14.2 Å². The quantitative estimate of drug-likeness (QED) is 0.0182. The lowest BCUT2D eigenvalue weighted by Crippen LogP contribution is -2.58. The van der Waals surface area contributed by atoms with Gasteiger partial charge in [-0.25, -0.2) is 8.78 Å². The van der Waals surface area contributed by atoms with Gasteiger partial charge in [-0.15, -0.1) is 0 Å². The molecule has 0 unspecified atom stereocenters. The van der Waals surface area contributed by atoms with Gasteiger partial charge in [-0.3, -0.25) is 82.4 Å². The lowest BCUT2D eigenvalue weighted by atomic mass is 10.1. The van der Waals surface area contributed by atoms with Gasteiger partial charge in [0, 0.05) is 139 Å². The summed E-state index contributed by atoms with van der Waals surface area (Å²) >= 11 is 2.23. The Balaban J connectivity index is 1.05. The second-order valence-electron chi connectivity index (χ2n) is 23.1. The van der Waals surface area contributed by atoms with Gasteiger partial charge in [0.05, 0.1) is 83.1 Å². The van der Waals surface area contributed by atoms with Crippen LogP contribution in [0.1, 0.15) is 54.4 Å². The Morgan fingerprint density at radius 1 is 0.723 bits per heavy atom. The van der Waals surface area contributed by atoms with E-state index in [9.17, 15) is 72.0 Å². The predicted molar refractivity (Wildman–Crippen MR) is 346 cm³/mol. The molecule has 0 bridgehead atoms. The van der Waals surface area contributed by atoms with Crippen molar-refractivity contribution in [3.05, 3.63) is 69.4 Å². The third-order valence-corrected chi connectivity index (χ3v) is 16.7. The second kappa shape index (κ2) is 38.7. The van der Waals surface area contributed by atoms with Crippen LogP contribution in [0.2, 0.25) is 0 Å². The lowest BCUT2D eigenvalue weighted by molar-refractivity contribution is -0.147. The van der Waals surface area contributed by atoms with Crippen LogP contribution >= 0.6 is 22.6 Å². The van der Waals surface area contributed by atoms with Crippen LogP contribution in [0, 0.1) is 3.57 Å². The van der Waals surface area contributed by atoms with E-state index < -0.39 is 103 Å². The SMILES string of the molecule is C/N=C/[C@H]1CC(F)(F)CN1C(=O)CNC(=O)c1ccnc2ccc(OCCCN3CCN(C(=O)[C@H](CC(=O)OC)NC(=O)[C@H](CCOCCNC(=O)CCCc4ccc(I)cc4)NC(=O)CN4CCN(CC(=O)O)CCN(CC(=O)O)CCN(CC(=O)O)CC4)CC3)cc12. The molecule has 3 aliphatic rings. The van der Waals surface area contributed by atoms with Crippen molar-refractivity contribution >= 4 is 99.0 Å². The van der Waals surface area contributed by atoms with Gasteiger partial charge >= 0.3 is 23.9 Å². The summed E-state index contributed by atoms with van der Waals surface area (Å²) in [7, 11) is 2.57. The highest BCUT2D eigenvalue weighted by atomic mass is 127. The molecular formula is C62H86F2IN13O16. The number of carbonyl (C=O) groups excluding carboxylic acids is 7. The number of nitrogens with zero attached hydrogens (tertiary/aromatic N) is 9. The van der Waals surface area contributed by atoms with Gasteiger partial charge in [-0.2, -0.15) is 0 Å². The minimum atomic E-state index is -3.08. The summed E-state index contributed by atoms with van der Waals surface area (Å²) in [6.45, 7) is 0.594. The number of hydrogen-bond donors (Lipinski definition) is 7. The number of amides is 6. The highest BCUT2D eigenvalue weighted by Gasteiger charge is 2.46. The minimum Gasteiger partial charge on any atom is -0.494 e. The van der Waals surface area contributed by atoms with Crippen LogP contribution in [0.5, 0.6) is 5.75 Å². The number of fused-ring (bicyclic) bond motifs is 1. The fourth-order valence-corrected chi connectivity index (χ4v) is 11.4. The second-order valence-corrected chi connectivity index (χ2v) is 24.4. The Kier molecular flexibility index (Phi) is 31.0. The van der Waals surface area contributed by atoms with Crippen LogP contribution in [0.25, 0.3) is 10.9 Å². The van der Waals surface area contributed by atoms with Gasteiger partial charge in [0.15, 0.2) is 0 Å². The number of halogens is 3. The number of aryl methyl sites for hydroxylation is 1.